The molecule has 2 heterocycles. The molecule has 2 aromatic rings. The topological polar surface area (TPSA) is 128 Å². The Morgan fingerprint density at radius 3 is 2.21 bits per heavy atom. The van der Waals surface area contributed by atoms with Gasteiger partial charge < -0.3 is 25.0 Å². The van der Waals surface area contributed by atoms with Gasteiger partial charge in [-0.15, -0.1) is 0 Å². The molecule has 204 valence electrons. The number of hydrogen-bond donors (Lipinski definition) is 3. The summed E-state index contributed by atoms with van der Waals surface area (Å²) in [6, 6.07) is 18.3. The fourth-order valence-electron chi connectivity index (χ4n) is 4.58. The fourth-order valence-corrected chi connectivity index (χ4v) is 5.03. The van der Waals surface area contributed by atoms with E-state index in [4.69, 9.17) is 14.9 Å². The van der Waals surface area contributed by atoms with E-state index in [0.29, 0.717) is 25.1 Å². The number of aliphatic hydroxyl groups excluding tert-OH is 1. The summed E-state index contributed by atoms with van der Waals surface area (Å²) in [5.41, 5.74) is 2.30. The van der Waals surface area contributed by atoms with E-state index in [1.165, 1.54) is 0 Å². The molecule has 2 unspecified atom stereocenters. The number of aliphatic hydroxyl groups is 1. The van der Waals surface area contributed by atoms with Crippen LogP contribution in [0.15, 0.2) is 71.2 Å². The Labute approximate surface area is 230 Å². The normalized spacial score (nSPS) is 19.1. The number of rotatable bonds is 9. The molecule has 4 rings (SSSR count). The van der Waals surface area contributed by atoms with E-state index < -0.39 is 11.9 Å². The van der Waals surface area contributed by atoms with E-state index in [1.54, 1.807) is 0 Å². The maximum Gasteiger partial charge on any atom is 0.410 e. The molecule has 0 aliphatic carbocycles. The van der Waals surface area contributed by atoms with Gasteiger partial charge >= 0.3 is 18.0 Å². The highest BCUT2D eigenvalue weighted by Crippen LogP contribution is 2.31. The van der Waals surface area contributed by atoms with Gasteiger partial charge in [-0.3, -0.25) is 4.90 Å². The number of carbonyl (C=O) groups is 3. The number of benzene rings is 2. The van der Waals surface area contributed by atoms with Gasteiger partial charge in [0, 0.05) is 42.7 Å². The van der Waals surface area contributed by atoms with Crippen LogP contribution in [0.4, 0.5) is 4.79 Å². The van der Waals surface area contributed by atoms with Crippen molar-refractivity contribution in [3.8, 4) is 0 Å². The Hall–Kier alpha value is -3.21. The summed E-state index contributed by atoms with van der Waals surface area (Å²) in [7, 11) is 0. The number of carboxylic acid groups (broad SMARTS) is 2. The van der Waals surface area contributed by atoms with Gasteiger partial charge in [0.2, 0.25) is 0 Å². The van der Waals surface area contributed by atoms with Gasteiger partial charge in [-0.05, 0) is 36.5 Å². The molecule has 2 saturated heterocycles. The third-order valence-corrected chi connectivity index (χ3v) is 7.29. The van der Waals surface area contributed by atoms with E-state index in [9.17, 15) is 19.5 Å². The molecule has 0 aromatic heterocycles. The van der Waals surface area contributed by atoms with Gasteiger partial charge in [-0.2, -0.15) is 0 Å². The van der Waals surface area contributed by atoms with Gasteiger partial charge in [0.25, 0.3) is 0 Å². The van der Waals surface area contributed by atoms with Crippen LogP contribution in [0, 0.1) is 0 Å². The summed E-state index contributed by atoms with van der Waals surface area (Å²) >= 11 is 3.60. The number of halogens is 1. The van der Waals surface area contributed by atoms with Crippen molar-refractivity contribution in [2.24, 2.45) is 0 Å². The number of hydrogen-bond acceptors (Lipinski definition) is 6. The van der Waals surface area contributed by atoms with Gasteiger partial charge in [-0.1, -0.05) is 64.5 Å². The summed E-state index contributed by atoms with van der Waals surface area (Å²) in [6.45, 7) is 3.33. The second-order valence-electron chi connectivity index (χ2n) is 9.25. The lowest BCUT2D eigenvalue weighted by Crippen LogP contribution is -2.39. The maximum atomic E-state index is 12.8. The van der Waals surface area contributed by atoms with Gasteiger partial charge in [-0.25, -0.2) is 14.4 Å². The van der Waals surface area contributed by atoms with Crippen LogP contribution in [-0.4, -0.2) is 81.5 Å². The Balaban J connectivity index is 0.000000436. The molecule has 9 nitrogen and oxygen atoms in total. The summed E-state index contributed by atoms with van der Waals surface area (Å²) in [5.74, 6) is -2.51. The lowest BCUT2D eigenvalue weighted by Gasteiger charge is -2.32. The highest BCUT2D eigenvalue weighted by atomic mass is 79.9. The van der Waals surface area contributed by atoms with Crippen molar-refractivity contribution in [1.82, 2.24) is 9.80 Å². The molecule has 0 spiro atoms. The third kappa shape index (κ3) is 9.27. The van der Waals surface area contributed by atoms with E-state index in [-0.39, 0.29) is 24.3 Å². The number of carbonyl (C=O) groups excluding carboxylic acids is 1. The van der Waals surface area contributed by atoms with Crippen molar-refractivity contribution in [1.29, 1.82) is 0 Å². The molecule has 10 heteroatoms. The molecule has 2 aliphatic heterocycles. The monoisotopic (exact) mass is 588 g/mol. The van der Waals surface area contributed by atoms with E-state index in [0.717, 1.165) is 54.5 Å². The quantitative estimate of drug-likeness (QED) is 0.373. The summed E-state index contributed by atoms with van der Waals surface area (Å²) in [6.07, 6.45) is 3.79. The molecule has 0 saturated carbocycles. The number of ether oxygens (including phenoxy) is 1. The number of amides is 1. The summed E-state index contributed by atoms with van der Waals surface area (Å²) in [4.78, 5) is 36.2. The Morgan fingerprint density at radius 2 is 1.61 bits per heavy atom. The van der Waals surface area contributed by atoms with Crippen LogP contribution in [0.3, 0.4) is 0 Å². The van der Waals surface area contributed by atoms with E-state index in [2.05, 4.69) is 39.0 Å². The molecule has 2 atom stereocenters. The molecule has 2 aromatic carbocycles. The highest BCUT2D eigenvalue weighted by Gasteiger charge is 2.37. The standard InChI is InChI=1S/C24H29BrN2O3.C4H4O4/c25-22-9-5-4-8-19(22)16-21-17-27(24(29)30-21)23(18-6-2-1-3-7-18)12-15-26-13-10-20(28)11-14-26;5-3(6)1-2-4(7)8/h1-9,20-21,23,28H,10-17H2;1-2H,(H,5,6)(H,7,8). The molecule has 1 amide bonds. The Bertz CT molecular complexity index is 1090. The predicted molar refractivity (Wildman–Crippen MR) is 145 cm³/mol. The largest absolute Gasteiger partial charge is 0.478 e. The van der Waals surface area contributed by atoms with Crippen LogP contribution in [-0.2, 0) is 20.7 Å². The van der Waals surface area contributed by atoms with Gasteiger partial charge in [0.1, 0.15) is 6.10 Å². The van der Waals surface area contributed by atoms with Crippen molar-refractivity contribution in [2.45, 2.75) is 43.9 Å². The summed E-state index contributed by atoms with van der Waals surface area (Å²) < 4.78 is 6.81. The Kier molecular flexibility index (Phi) is 11.3. The number of likely N-dealkylation sites (tertiary alicyclic amines) is 1. The minimum Gasteiger partial charge on any atom is -0.478 e. The number of aliphatic carboxylic acids is 2. The van der Waals surface area contributed by atoms with Crippen LogP contribution >= 0.6 is 15.9 Å². The molecule has 2 fully saturated rings. The number of carboxylic acids is 2. The van der Waals surface area contributed by atoms with Crippen molar-refractivity contribution in [3.63, 3.8) is 0 Å². The van der Waals surface area contributed by atoms with E-state index in [1.807, 2.05) is 41.3 Å². The minimum absolute atomic E-state index is 0.00485. The van der Waals surface area contributed by atoms with Crippen LogP contribution in [0.25, 0.3) is 0 Å². The first-order valence-electron chi connectivity index (χ1n) is 12.5. The van der Waals surface area contributed by atoms with Crippen molar-refractivity contribution < 1.29 is 34.4 Å². The van der Waals surface area contributed by atoms with Crippen LogP contribution in [0.5, 0.6) is 0 Å². The number of piperidine rings is 1. The van der Waals surface area contributed by atoms with Crippen molar-refractivity contribution >= 4 is 34.0 Å². The first-order valence-corrected chi connectivity index (χ1v) is 13.3. The van der Waals surface area contributed by atoms with E-state index >= 15 is 0 Å². The number of nitrogens with zero attached hydrogens (tertiary/aromatic N) is 2. The average molecular weight is 589 g/mol. The van der Waals surface area contributed by atoms with Crippen LogP contribution in [0.2, 0.25) is 0 Å². The first kappa shape index (κ1) is 29.3. The molecule has 2 aliphatic rings. The van der Waals surface area contributed by atoms with Crippen LogP contribution < -0.4 is 0 Å². The average Bonchev–Trinajstić information content (AvgIpc) is 3.26. The molecule has 38 heavy (non-hydrogen) atoms. The Morgan fingerprint density at radius 1 is 1.00 bits per heavy atom. The van der Waals surface area contributed by atoms with Crippen molar-refractivity contribution in [3.05, 3.63) is 82.3 Å². The second-order valence-corrected chi connectivity index (χ2v) is 10.1. The van der Waals surface area contributed by atoms with Gasteiger partial charge in [0.15, 0.2) is 0 Å². The molecular weight excluding hydrogens is 556 g/mol. The zero-order chi connectivity index (χ0) is 27.5. The van der Waals surface area contributed by atoms with Crippen LogP contribution in [0.1, 0.15) is 36.4 Å². The SMILES string of the molecule is O=C(O)C=CC(=O)O.O=C1OC(Cc2ccccc2Br)CN1C(CCN1CCC(O)CC1)c1ccccc1. The molecule has 0 bridgehead atoms. The maximum absolute atomic E-state index is 12.8. The number of cyclic esters (lactones) is 1. The molecule has 0 radical (unpaired) electrons. The minimum atomic E-state index is -1.26. The lowest BCUT2D eigenvalue weighted by atomic mass is 10.00. The van der Waals surface area contributed by atoms with Crippen molar-refractivity contribution in [2.75, 3.05) is 26.2 Å². The third-order valence-electron chi connectivity index (χ3n) is 6.51. The molecule has 3 N–H and O–H groups in total. The zero-order valence-electron chi connectivity index (χ0n) is 21.0. The first-order chi connectivity index (χ1) is 18.2. The van der Waals surface area contributed by atoms with Gasteiger partial charge in [0.05, 0.1) is 18.7 Å². The lowest BCUT2D eigenvalue weighted by molar-refractivity contribution is -0.134. The highest BCUT2D eigenvalue weighted by molar-refractivity contribution is 9.10. The fraction of sp³-hybridized carbons (Fsp3) is 0.393. The molecular formula is C28H33BrN2O7. The summed E-state index contributed by atoms with van der Waals surface area (Å²) in [5, 5.41) is 25.4. The second kappa shape index (κ2) is 14.7. The predicted octanol–water partition coefficient (Wildman–Crippen LogP) is 4.11. The zero-order valence-corrected chi connectivity index (χ0v) is 22.6. The smallest absolute Gasteiger partial charge is 0.410 e.